The normalized spacial score (nSPS) is 20.8. The fraction of sp³-hybridized carbons (Fsp3) is 0.645. The summed E-state index contributed by atoms with van der Waals surface area (Å²) in [5.41, 5.74) is 3.12. The van der Waals surface area contributed by atoms with Crippen molar-refractivity contribution < 1.29 is 32.7 Å². The van der Waals surface area contributed by atoms with Gasteiger partial charge in [-0.2, -0.15) is 4.98 Å². The molecule has 238 valence electrons. The zero-order valence-electron chi connectivity index (χ0n) is 26.9. The smallest absolute Gasteiger partial charge is 0.381 e. The SMILES string of the molecule is CC(C)=CC1C(C(=O)OCN2C(=O)C3=C(CCCC3)C2=O)C1(C)C.CCOP(=S)(OCC)Oc1cc(C)nc(C(C)C)n1. The molecule has 0 bridgehead atoms. The van der Waals surface area contributed by atoms with Gasteiger partial charge >= 0.3 is 12.7 Å². The van der Waals surface area contributed by atoms with E-state index >= 15 is 0 Å². The number of esters is 1. The largest absolute Gasteiger partial charge is 0.443 e. The molecule has 1 saturated carbocycles. The molecule has 2 unspecified atom stereocenters. The van der Waals surface area contributed by atoms with Crippen molar-refractivity contribution in [2.24, 2.45) is 17.3 Å². The van der Waals surface area contributed by atoms with Crippen LogP contribution in [0, 0.1) is 24.2 Å². The molecule has 12 heteroatoms. The van der Waals surface area contributed by atoms with Gasteiger partial charge in [-0.25, -0.2) is 9.88 Å². The van der Waals surface area contributed by atoms with Crippen LogP contribution in [0.2, 0.25) is 0 Å². The Labute approximate surface area is 260 Å². The van der Waals surface area contributed by atoms with Crippen LogP contribution in [0.15, 0.2) is 28.9 Å². The molecule has 0 radical (unpaired) electrons. The number of rotatable bonds is 11. The first-order chi connectivity index (χ1) is 20.1. The average molecular weight is 636 g/mol. The van der Waals surface area contributed by atoms with E-state index in [1.807, 2.05) is 62.3 Å². The highest BCUT2D eigenvalue weighted by Gasteiger charge is 2.61. The zero-order valence-corrected chi connectivity index (χ0v) is 28.6. The number of hydrogen-bond acceptors (Lipinski definition) is 10. The third-order valence-electron chi connectivity index (χ3n) is 7.63. The van der Waals surface area contributed by atoms with Gasteiger partial charge < -0.3 is 9.26 Å². The van der Waals surface area contributed by atoms with E-state index in [4.69, 9.17) is 30.1 Å². The van der Waals surface area contributed by atoms with E-state index in [9.17, 15) is 14.4 Å². The number of nitrogens with zero attached hydrogens (tertiary/aromatic N) is 3. The van der Waals surface area contributed by atoms with Gasteiger partial charge in [0.2, 0.25) is 5.88 Å². The fourth-order valence-corrected chi connectivity index (χ4v) is 7.31. The van der Waals surface area contributed by atoms with Gasteiger partial charge in [0.25, 0.3) is 11.8 Å². The lowest BCUT2D eigenvalue weighted by Crippen LogP contribution is -2.35. The van der Waals surface area contributed by atoms with Gasteiger partial charge in [0.15, 0.2) is 6.73 Å². The van der Waals surface area contributed by atoms with Crippen LogP contribution in [-0.2, 0) is 40.0 Å². The first-order valence-corrected chi connectivity index (χ1v) is 17.5. The van der Waals surface area contributed by atoms with Crippen molar-refractivity contribution in [3.8, 4) is 5.88 Å². The Morgan fingerprint density at radius 1 is 1.09 bits per heavy atom. The quantitative estimate of drug-likeness (QED) is 0.115. The minimum atomic E-state index is -2.77. The molecule has 1 aromatic heterocycles. The minimum absolute atomic E-state index is 0.134. The molecular weight excluding hydrogens is 589 g/mol. The highest BCUT2D eigenvalue weighted by atomic mass is 32.5. The van der Waals surface area contributed by atoms with Crippen LogP contribution in [0.5, 0.6) is 5.88 Å². The van der Waals surface area contributed by atoms with Crippen molar-refractivity contribution in [3.05, 3.63) is 40.4 Å². The van der Waals surface area contributed by atoms with E-state index in [-0.39, 0.29) is 47.7 Å². The van der Waals surface area contributed by atoms with Gasteiger partial charge in [0.1, 0.15) is 5.82 Å². The summed E-state index contributed by atoms with van der Waals surface area (Å²) in [6, 6.07) is 1.74. The summed E-state index contributed by atoms with van der Waals surface area (Å²) in [7, 11) is 0. The number of carbonyl (C=O) groups is 3. The highest BCUT2D eigenvalue weighted by Crippen LogP contribution is 2.59. The molecule has 0 aromatic carbocycles. The Morgan fingerprint density at radius 3 is 2.14 bits per heavy atom. The molecule has 3 aliphatic rings. The maximum Gasteiger partial charge on any atom is 0.381 e. The Kier molecular flexibility index (Phi) is 11.8. The standard InChI is InChI=1S/C19H25NO4.C12H21N2O3PS/c1-11(2)9-14-15(19(14,3)4)18(23)24-10-20-16(21)12-7-5-6-8-13(12)17(20)22;1-6-15-18(19,16-7-2)17-11-8-10(5)13-12(14-11)9(3)4/h9,14-15H,5-8,10H2,1-4H3;8-9H,6-7H2,1-5H3. The molecule has 0 spiro atoms. The molecule has 0 N–H and O–H groups in total. The lowest BCUT2D eigenvalue weighted by molar-refractivity contribution is -0.156. The van der Waals surface area contributed by atoms with E-state index in [1.165, 1.54) is 5.57 Å². The summed E-state index contributed by atoms with van der Waals surface area (Å²) in [6.45, 7) is 15.6. The summed E-state index contributed by atoms with van der Waals surface area (Å²) in [5.74, 6) is 0.434. The van der Waals surface area contributed by atoms with Crippen LogP contribution in [0.3, 0.4) is 0 Å². The van der Waals surface area contributed by atoms with Crippen LogP contribution in [0.25, 0.3) is 0 Å². The number of carbonyl (C=O) groups excluding carboxylic acids is 3. The monoisotopic (exact) mass is 635 g/mol. The molecule has 1 aliphatic heterocycles. The summed E-state index contributed by atoms with van der Waals surface area (Å²) in [6.07, 6.45) is 5.28. The van der Waals surface area contributed by atoms with Gasteiger partial charge in [-0.15, -0.1) is 0 Å². The predicted octanol–water partition coefficient (Wildman–Crippen LogP) is 6.55. The third kappa shape index (κ3) is 8.59. The first kappa shape index (κ1) is 35.0. The summed E-state index contributed by atoms with van der Waals surface area (Å²) in [5, 5.41) is 0. The number of aryl methyl sites for hydroxylation is 1. The van der Waals surface area contributed by atoms with Crippen LogP contribution in [0.1, 0.15) is 98.5 Å². The lowest BCUT2D eigenvalue weighted by Gasteiger charge is -2.20. The van der Waals surface area contributed by atoms with Crippen molar-refractivity contribution in [3.63, 3.8) is 0 Å². The topological polar surface area (TPSA) is 117 Å². The summed E-state index contributed by atoms with van der Waals surface area (Å²) >= 11 is 5.32. The molecule has 1 aromatic rings. The van der Waals surface area contributed by atoms with E-state index in [1.54, 1.807) is 6.07 Å². The van der Waals surface area contributed by atoms with E-state index < -0.39 is 6.72 Å². The zero-order chi connectivity index (χ0) is 32.1. The molecule has 1 fully saturated rings. The molecule has 43 heavy (non-hydrogen) atoms. The molecule has 2 amide bonds. The van der Waals surface area contributed by atoms with E-state index in [0.29, 0.717) is 43.1 Å². The minimum Gasteiger partial charge on any atom is -0.443 e. The van der Waals surface area contributed by atoms with Crippen molar-refractivity contribution in [1.29, 1.82) is 0 Å². The van der Waals surface area contributed by atoms with Crippen molar-refractivity contribution in [2.75, 3.05) is 19.9 Å². The van der Waals surface area contributed by atoms with Gasteiger partial charge in [-0.1, -0.05) is 39.3 Å². The second-order valence-corrected chi connectivity index (χ2v) is 15.0. The number of amides is 2. The Morgan fingerprint density at radius 2 is 1.65 bits per heavy atom. The predicted molar refractivity (Wildman–Crippen MR) is 168 cm³/mol. The number of imide groups is 1. The highest BCUT2D eigenvalue weighted by molar-refractivity contribution is 8.07. The second kappa shape index (κ2) is 14.5. The summed E-state index contributed by atoms with van der Waals surface area (Å²) < 4.78 is 21.9. The Bertz CT molecular complexity index is 1300. The van der Waals surface area contributed by atoms with Crippen LogP contribution in [-0.4, -0.2) is 52.6 Å². The van der Waals surface area contributed by atoms with Gasteiger partial charge in [-0.3, -0.25) is 23.4 Å². The fourth-order valence-electron chi connectivity index (χ4n) is 5.32. The number of ether oxygens (including phenoxy) is 1. The Hall–Kier alpha value is -2.46. The van der Waals surface area contributed by atoms with Crippen molar-refractivity contribution in [1.82, 2.24) is 14.9 Å². The van der Waals surface area contributed by atoms with Crippen molar-refractivity contribution >= 4 is 36.3 Å². The molecular formula is C31H46N3O7PS. The maximum atomic E-state index is 12.4. The molecule has 2 aliphatic carbocycles. The van der Waals surface area contributed by atoms with Gasteiger partial charge in [0.05, 0.1) is 19.1 Å². The maximum absolute atomic E-state index is 12.4. The van der Waals surface area contributed by atoms with Crippen LogP contribution in [0.4, 0.5) is 0 Å². The number of hydrogen-bond donors (Lipinski definition) is 0. The lowest BCUT2D eigenvalue weighted by atomic mass is 9.93. The number of allylic oxidation sites excluding steroid dienone is 2. The van der Waals surface area contributed by atoms with Gasteiger partial charge in [0, 0.05) is 40.6 Å². The van der Waals surface area contributed by atoms with Crippen LogP contribution < -0.4 is 4.52 Å². The van der Waals surface area contributed by atoms with Crippen LogP contribution >= 0.6 is 6.72 Å². The average Bonchev–Trinajstić information content (AvgIpc) is 3.36. The van der Waals surface area contributed by atoms with Gasteiger partial charge in [-0.05, 0) is 71.6 Å². The third-order valence-corrected chi connectivity index (χ3v) is 10.0. The van der Waals surface area contributed by atoms with E-state index in [0.717, 1.165) is 29.3 Å². The molecule has 0 saturated heterocycles. The molecule has 2 atom stereocenters. The Balaban J connectivity index is 0.000000243. The van der Waals surface area contributed by atoms with E-state index in [2.05, 4.69) is 16.0 Å². The second-order valence-electron chi connectivity index (χ2n) is 12.1. The summed E-state index contributed by atoms with van der Waals surface area (Å²) in [4.78, 5) is 46.8. The van der Waals surface area contributed by atoms with Crippen molar-refractivity contribution in [2.45, 2.75) is 93.9 Å². The molecule has 2 heterocycles. The number of aromatic nitrogens is 2. The first-order valence-electron chi connectivity index (χ1n) is 15.0. The molecule has 4 rings (SSSR count). The molecule has 10 nitrogen and oxygen atoms in total.